The van der Waals surface area contributed by atoms with Crippen molar-refractivity contribution in [2.75, 3.05) is 7.05 Å². The second-order valence-corrected chi connectivity index (χ2v) is 6.81. The lowest BCUT2D eigenvalue weighted by Gasteiger charge is -2.16. The first-order valence-corrected chi connectivity index (χ1v) is 7.38. The topological polar surface area (TPSA) is 20.3 Å². The summed E-state index contributed by atoms with van der Waals surface area (Å²) in [4.78, 5) is 14.8. The fourth-order valence-electron chi connectivity index (χ4n) is 1.72. The Morgan fingerprint density at radius 3 is 2.79 bits per heavy atom. The minimum atomic E-state index is -0.310. The van der Waals surface area contributed by atoms with E-state index in [2.05, 4.69) is 15.9 Å². The van der Waals surface area contributed by atoms with Crippen LogP contribution in [0, 0.1) is 5.82 Å². The second-order valence-electron chi connectivity index (χ2n) is 4.26. The molecule has 0 saturated heterocycles. The van der Waals surface area contributed by atoms with Crippen molar-refractivity contribution in [2.24, 2.45) is 0 Å². The summed E-state index contributed by atoms with van der Waals surface area (Å²) < 4.78 is 14.1. The highest BCUT2D eigenvalue weighted by Gasteiger charge is 2.11. The van der Waals surface area contributed by atoms with Gasteiger partial charge in [0.1, 0.15) is 5.82 Å². The number of likely N-dealkylation sites (N-methyl/N-ethyl adjacent to an activating group) is 1. The number of hydrogen-bond donors (Lipinski definition) is 0. The van der Waals surface area contributed by atoms with E-state index in [1.54, 1.807) is 35.4 Å². The maximum Gasteiger partial charge on any atom is 0.227 e. The molecule has 0 atom stereocenters. The zero-order valence-corrected chi connectivity index (χ0v) is 12.8. The van der Waals surface area contributed by atoms with Crippen molar-refractivity contribution in [3.8, 4) is 0 Å². The molecule has 0 radical (unpaired) electrons. The lowest BCUT2D eigenvalue weighted by atomic mass is 10.1. The summed E-state index contributed by atoms with van der Waals surface area (Å²) >= 11 is 5.00. The third-order valence-corrected chi connectivity index (χ3v) is 4.30. The highest BCUT2D eigenvalue weighted by atomic mass is 79.9. The summed E-state index contributed by atoms with van der Waals surface area (Å²) in [6, 6.07) is 10.1. The van der Waals surface area contributed by atoms with Gasteiger partial charge in [-0.15, -0.1) is 11.3 Å². The molecule has 0 N–H and O–H groups in total. The Morgan fingerprint density at radius 1 is 1.37 bits per heavy atom. The van der Waals surface area contributed by atoms with Crippen molar-refractivity contribution in [1.29, 1.82) is 0 Å². The van der Waals surface area contributed by atoms with Crippen LogP contribution in [0.1, 0.15) is 10.4 Å². The number of hydrogen-bond acceptors (Lipinski definition) is 2. The number of amides is 1. The normalized spacial score (nSPS) is 10.5. The first kappa shape index (κ1) is 14.2. The fraction of sp³-hybridized carbons (Fsp3) is 0.214. The zero-order valence-electron chi connectivity index (χ0n) is 10.4. The average molecular weight is 342 g/mol. The highest BCUT2D eigenvalue weighted by molar-refractivity contribution is 9.11. The van der Waals surface area contributed by atoms with Crippen molar-refractivity contribution in [3.63, 3.8) is 0 Å². The third-order valence-electron chi connectivity index (χ3n) is 2.69. The second kappa shape index (κ2) is 6.30. The van der Waals surface area contributed by atoms with Gasteiger partial charge in [0.15, 0.2) is 0 Å². The Hall–Kier alpha value is -1.20. The van der Waals surface area contributed by atoms with Gasteiger partial charge >= 0.3 is 0 Å². The van der Waals surface area contributed by atoms with Gasteiger partial charge in [-0.05, 0) is 45.8 Å². The van der Waals surface area contributed by atoms with Crippen LogP contribution in [0.3, 0.4) is 0 Å². The van der Waals surface area contributed by atoms with Crippen LogP contribution in [0.25, 0.3) is 0 Å². The molecule has 0 saturated carbocycles. The van der Waals surface area contributed by atoms with Gasteiger partial charge in [-0.2, -0.15) is 0 Å². The average Bonchev–Trinajstić information content (AvgIpc) is 2.74. The van der Waals surface area contributed by atoms with Gasteiger partial charge in [0, 0.05) is 11.9 Å². The standard InChI is InChI=1S/C14H13BrFNOS/c1-17(9-12-5-6-13(15)19-12)14(18)8-10-3-2-4-11(16)7-10/h2-7H,8-9H2,1H3. The van der Waals surface area contributed by atoms with Gasteiger partial charge in [0.25, 0.3) is 0 Å². The zero-order chi connectivity index (χ0) is 13.8. The molecule has 1 amide bonds. The van der Waals surface area contributed by atoms with Crippen molar-refractivity contribution in [2.45, 2.75) is 13.0 Å². The van der Waals surface area contributed by atoms with Gasteiger partial charge < -0.3 is 4.90 Å². The highest BCUT2D eigenvalue weighted by Crippen LogP contribution is 2.23. The van der Waals surface area contributed by atoms with Crippen molar-refractivity contribution < 1.29 is 9.18 Å². The van der Waals surface area contributed by atoms with Crippen LogP contribution in [-0.2, 0) is 17.8 Å². The van der Waals surface area contributed by atoms with Gasteiger partial charge in [0.05, 0.1) is 16.8 Å². The number of rotatable bonds is 4. The van der Waals surface area contributed by atoms with Crippen LogP contribution in [0.4, 0.5) is 4.39 Å². The molecule has 1 aromatic carbocycles. The lowest BCUT2D eigenvalue weighted by molar-refractivity contribution is -0.129. The number of halogens is 2. The predicted octanol–water partition coefficient (Wildman–Crippen LogP) is 3.85. The predicted molar refractivity (Wildman–Crippen MR) is 78.6 cm³/mol. The summed E-state index contributed by atoms with van der Waals surface area (Å²) in [7, 11) is 1.76. The summed E-state index contributed by atoms with van der Waals surface area (Å²) in [6.07, 6.45) is 0.223. The number of carbonyl (C=O) groups is 1. The van der Waals surface area contributed by atoms with Crippen LogP contribution in [0.5, 0.6) is 0 Å². The fourth-order valence-corrected chi connectivity index (χ4v) is 3.25. The summed E-state index contributed by atoms with van der Waals surface area (Å²) in [5.41, 5.74) is 0.698. The molecular formula is C14H13BrFNOS. The largest absolute Gasteiger partial charge is 0.340 e. The molecule has 0 aliphatic rings. The minimum Gasteiger partial charge on any atom is -0.340 e. The number of carbonyl (C=O) groups excluding carboxylic acids is 1. The van der Waals surface area contributed by atoms with Crippen LogP contribution >= 0.6 is 27.3 Å². The smallest absolute Gasteiger partial charge is 0.227 e. The molecule has 2 aromatic rings. The van der Waals surface area contributed by atoms with Gasteiger partial charge in [-0.3, -0.25) is 4.79 Å². The number of benzene rings is 1. The Morgan fingerprint density at radius 2 is 2.16 bits per heavy atom. The summed E-state index contributed by atoms with van der Waals surface area (Å²) in [6.45, 7) is 0.574. The molecule has 100 valence electrons. The third kappa shape index (κ3) is 4.14. The molecule has 0 aliphatic carbocycles. The van der Waals surface area contributed by atoms with E-state index in [0.29, 0.717) is 12.1 Å². The van der Waals surface area contributed by atoms with E-state index in [1.165, 1.54) is 12.1 Å². The SMILES string of the molecule is CN(Cc1ccc(Br)s1)C(=O)Cc1cccc(F)c1. The monoisotopic (exact) mass is 341 g/mol. The number of nitrogens with zero attached hydrogens (tertiary/aromatic N) is 1. The van der Waals surface area contributed by atoms with Crippen molar-refractivity contribution in [3.05, 3.63) is 56.4 Å². The van der Waals surface area contributed by atoms with Gasteiger partial charge in [-0.1, -0.05) is 12.1 Å². The van der Waals surface area contributed by atoms with Crippen LogP contribution in [0.2, 0.25) is 0 Å². The van der Waals surface area contributed by atoms with E-state index >= 15 is 0 Å². The lowest BCUT2D eigenvalue weighted by Crippen LogP contribution is -2.27. The maximum absolute atomic E-state index is 13.0. The van der Waals surface area contributed by atoms with E-state index in [-0.39, 0.29) is 18.1 Å². The van der Waals surface area contributed by atoms with Crippen molar-refractivity contribution in [1.82, 2.24) is 4.90 Å². The molecule has 0 bridgehead atoms. The summed E-state index contributed by atoms with van der Waals surface area (Å²) in [5, 5.41) is 0. The molecule has 0 unspecified atom stereocenters. The molecule has 0 fully saturated rings. The molecular weight excluding hydrogens is 329 g/mol. The van der Waals surface area contributed by atoms with Crippen LogP contribution < -0.4 is 0 Å². The Kier molecular flexibility index (Phi) is 4.71. The molecule has 2 nitrogen and oxygen atoms in total. The molecule has 1 aromatic heterocycles. The number of thiophene rings is 1. The Balaban J connectivity index is 1.96. The van der Waals surface area contributed by atoms with E-state index in [9.17, 15) is 9.18 Å². The minimum absolute atomic E-state index is 0.0184. The Bertz CT molecular complexity index is 584. The molecule has 0 aliphatic heterocycles. The molecule has 5 heteroatoms. The Labute approximate surface area is 124 Å². The molecule has 19 heavy (non-hydrogen) atoms. The van der Waals surface area contributed by atoms with E-state index in [1.807, 2.05) is 12.1 Å². The first-order valence-electron chi connectivity index (χ1n) is 5.77. The quantitative estimate of drug-likeness (QED) is 0.827. The van der Waals surface area contributed by atoms with Crippen LogP contribution in [0.15, 0.2) is 40.2 Å². The molecule has 1 heterocycles. The summed E-state index contributed by atoms with van der Waals surface area (Å²) in [5.74, 6) is -0.328. The molecule has 0 spiro atoms. The van der Waals surface area contributed by atoms with E-state index < -0.39 is 0 Å². The molecule has 2 rings (SSSR count). The van der Waals surface area contributed by atoms with Crippen molar-refractivity contribution >= 4 is 33.2 Å². The first-order chi connectivity index (χ1) is 9.04. The van der Waals surface area contributed by atoms with Gasteiger partial charge in [0.2, 0.25) is 5.91 Å². The van der Waals surface area contributed by atoms with E-state index in [0.717, 1.165) is 8.66 Å². The maximum atomic E-state index is 13.0. The van der Waals surface area contributed by atoms with Crippen LogP contribution in [-0.4, -0.2) is 17.9 Å². The van der Waals surface area contributed by atoms with E-state index in [4.69, 9.17) is 0 Å². The van der Waals surface area contributed by atoms with Gasteiger partial charge in [-0.25, -0.2) is 4.39 Å².